The fourth-order valence-corrected chi connectivity index (χ4v) is 7.16. The van der Waals surface area contributed by atoms with Crippen LogP contribution in [0.5, 0.6) is 0 Å². The molecule has 0 spiro atoms. The van der Waals surface area contributed by atoms with Crippen molar-refractivity contribution in [1.29, 1.82) is 0 Å². The third-order valence-corrected chi connectivity index (χ3v) is 9.45. The highest BCUT2D eigenvalue weighted by molar-refractivity contribution is 5.76. The average molecular weight is 801 g/mol. The number of carbonyl (C=O) groups excluding carboxylic acids is 3. The lowest BCUT2D eigenvalue weighted by atomic mass is 9.97. The molecule has 4 fully saturated rings. The molecule has 2 aromatic rings. The van der Waals surface area contributed by atoms with E-state index >= 15 is 0 Å². The zero-order chi connectivity index (χ0) is 40.7. The van der Waals surface area contributed by atoms with Gasteiger partial charge in [0.25, 0.3) is 0 Å². The minimum atomic E-state index is -1.42. The summed E-state index contributed by atoms with van der Waals surface area (Å²) in [5, 5.41) is 0. The number of hydrogen-bond acceptors (Lipinski definition) is 16. The van der Waals surface area contributed by atoms with Gasteiger partial charge in [0.15, 0.2) is 36.4 Å². The average Bonchev–Trinajstić information content (AvgIpc) is 3.68. The normalized spacial score (nSPS) is 31.6. The van der Waals surface area contributed by atoms with E-state index in [0.29, 0.717) is 5.56 Å². The lowest BCUT2D eigenvalue weighted by molar-refractivity contribution is -0.333. The largest absolute Gasteiger partial charge is 0.509 e. The number of rotatable bonds is 16. The molecule has 4 heterocycles. The van der Waals surface area contributed by atoms with E-state index in [1.54, 1.807) is 65.0 Å². The Morgan fingerprint density at radius 3 is 2.11 bits per heavy atom. The van der Waals surface area contributed by atoms with Gasteiger partial charge in [0.05, 0.1) is 19.8 Å². The van der Waals surface area contributed by atoms with Crippen LogP contribution < -0.4 is 0 Å². The van der Waals surface area contributed by atoms with Crippen molar-refractivity contribution in [3.8, 4) is 0 Å². The molecule has 2 aromatic carbocycles. The first-order valence-corrected chi connectivity index (χ1v) is 19.0. The van der Waals surface area contributed by atoms with Gasteiger partial charge in [0, 0.05) is 6.92 Å². The van der Waals surface area contributed by atoms with Gasteiger partial charge in [-0.15, -0.1) is 0 Å². The van der Waals surface area contributed by atoms with Crippen LogP contribution in [0.25, 0.3) is 0 Å². The first kappa shape index (κ1) is 42.6. The number of hydrogen-bond donors (Lipinski definition) is 0. The number of carbonyl (C=O) groups is 3. The molecule has 0 unspecified atom stereocenters. The summed E-state index contributed by atoms with van der Waals surface area (Å²) < 4.78 is 79.5. The Kier molecular flexibility index (Phi) is 14.0. The van der Waals surface area contributed by atoms with Gasteiger partial charge in [0.1, 0.15) is 55.9 Å². The zero-order valence-corrected chi connectivity index (χ0v) is 33.0. The van der Waals surface area contributed by atoms with E-state index in [9.17, 15) is 14.4 Å². The maximum atomic E-state index is 13.6. The molecule has 57 heavy (non-hydrogen) atoms. The molecule has 0 saturated carbocycles. The molecule has 312 valence electrons. The predicted octanol–water partition coefficient (Wildman–Crippen LogP) is 4.67. The molecule has 4 saturated heterocycles. The van der Waals surface area contributed by atoms with Crippen LogP contribution in [0.3, 0.4) is 0 Å². The van der Waals surface area contributed by atoms with Crippen molar-refractivity contribution in [1.82, 2.24) is 0 Å². The Labute approximate surface area is 331 Å². The molecule has 4 aliphatic rings. The number of benzene rings is 2. The minimum Gasteiger partial charge on any atom is -0.464 e. The third-order valence-electron chi connectivity index (χ3n) is 9.45. The van der Waals surface area contributed by atoms with Gasteiger partial charge >= 0.3 is 18.1 Å². The Hall–Kier alpha value is -3.97. The molecular formula is C41H52O16. The molecule has 0 bridgehead atoms. The summed E-state index contributed by atoms with van der Waals surface area (Å²) in [6.07, 6.45) is -11.0. The molecular weight excluding hydrogens is 748 g/mol. The van der Waals surface area contributed by atoms with Gasteiger partial charge < -0.3 is 61.6 Å². The maximum absolute atomic E-state index is 13.6. The Bertz CT molecular complexity index is 1650. The Morgan fingerprint density at radius 1 is 0.754 bits per heavy atom. The number of ether oxygens (including phenoxy) is 13. The quantitative estimate of drug-likeness (QED) is 0.130. The van der Waals surface area contributed by atoms with Gasteiger partial charge in [0.2, 0.25) is 0 Å². The molecule has 0 aromatic heterocycles. The van der Waals surface area contributed by atoms with Crippen LogP contribution in [0.4, 0.5) is 4.79 Å². The Morgan fingerprint density at radius 2 is 1.42 bits per heavy atom. The van der Waals surface area contributed by atoms with E-state index in [4.69, 9.17) is 61.6 Å². The second-order valence-electron chi connectivity index (χ2n) is 14.7. The molecule has 0 N–H and O–H groups in total. The summed E-state index contributed by atoms with van der Waals surface area (Å²) in [6, 6.07) is 17.9. The summed E-state index contributed by atoms with van der Waals surface area (Å²) in [4.78, 5) is 39.1. The summed E-state index contributed by atoms with van der Waals surface area (Å²) in [5.74, 6) is -3.26. The van der Waals surface area contributed by atoms with Gasteiger partial charge in [-0.05, 0) is 45.7 Å². The van der Waals surface area contributed by atoms with E-state index in [-0.39, 0.29) is 33.0 Å². The van der Waals surface area contributed by atoms with Gasteiger partial charge in [-0.1, -0.05) is 73.3 Å². The monoisotopic (exact) mass is 800 g/mol. The first-order valence-electron chi connectivity index (χ1n) is 19.0. The van der Waals surface area contributed by atoms with E-state index in [1.807, 2.05) is 30.3 Å². The topological polar surface area (TPSA) is 171 Å². The van der Waals surface area contributed by atoms with Crippen LogP contribution in [-0.4, -0.2) is 118 Å². The van der Waals surface area contributed by atoms with Crippen molar-refractivity contribution in [2.45, 2.75) is 127 Å². The Balaban J connectivity index is 1.37. The molecule has 0 amide bonds. The summed E-state index contributed by atoms with van der Waals surface area (Å²) in [6.45, 7) is 13.0. The molecule has 0 aliphatic carbocycles. The zero-order valence-electron chi connectivity index (χ0n) is 33.0. The highest BCUT2D eigenvalue weighted by atomic mass is 16.9. The van der Waals surface area contributed by atoms with Crippen molar-refractivity contribution < 1.29 is 76.0 Å². The van der Waals surface area contributed by atoms with Gasteiger partial charge in [-0.3, -0.25) is 4.79 Å². The van der Waals surface area contributed by atoms with Crippen molar-refractivity contribution in [3.63, 3.8) is 0 Å². The fourth-order valence-electron chi connectivity index (χ4n) is 7.16. The van der Waals surface area contributed by atoms with Crippen LogP contribution in [0.1, 0.15) is 58.8 Å². The highest BCUT2D eigenvalue weighted by Gasteiger charge is 2.61. The standard InChI is InChI=1S/C41H52O16/c1-8-20-46-39(44)53-32-30(48-21-25-16-12-10-13-17-25)27(22-47-24(3)42)50-37(34(32)52-29(36(43)45-9-2)26-18-14-11-15-19-26)49-23-28-31-33(55-40(4,5)54-31)35-38(51-28)57-41(6,7)56-35/h8,10-19,27-35,37-38H,1,9,20-23H2,2-7H3/t27-,28-,29-,30-,31+,32+,33+,34-,35-,37-,38-/m1/s1. The second kappa shape index (κ2) is 18.7. The van der Waals surface area contributed by atoms with Crippen molar-refractivity contribution in [3.05, 3.63) is 84.4 Å². The molecule has 4 aliphatic heterocycles. The SMILES string of the molecule is C=CCOC(=O)O[C@@H]1[C@@H](O[C@@H](C(=O)OCC)c2ccccc2)[C@H](OC[C@H]2O[C@@H]3OC(C)(C)O[C@@H]3[C@H]3OC(C)(C)O[C@H]32)O[C@H](COC(C)=O)[C@H]1OCc1ccccc1. The van der Waals surface area contributed by atoms with Crippen molar-refractivity contribution in [2.24, 2.45) is 0 Å². The molecule has 6 rings (SSSR count). The van der Waals surface area contributed by atoms with Gasteiger partial charge in [-0.25, -0.2) is 9.59 Å². The predicted molar refractivity (Wildman–Crippen MR) is 196 cm³/mol. The van der Waals surface area contributed by atoms with Crippen LogP contribution in [-0.2, 0) is 77.8 Å². The van der Waals surface area contributed by atoms with Gasteiger partial charge in [-0.2, -0.15) is 0 Å². The lowest BCUT2D eigenvalue weighted by Crippen LogP contribution is -2.63. The molecule has 16 heteroatoms. The number of esters is 2. The summed E-state index contributed by atoms with van der Waals surface area (Å²) in [7, 11) is 0. The lowest BCUT2D eigenvalue weighted by Gasteiger charge is -2.46. The fraction of sp³-hybridized carbons (Fsp3) is 0.585. The van der Waals surface area contributed by atoms with Crippen LogP contribution >= 0.6 is 0 Å². The molecule has 0 radical (unpaired) electrons. The van der Waals surface area contributed by atoms with Crippen LogP contribution in [0.2, 0.25) is 0 Å². The minimum absolute atomic E-state index is 0.0261. The van der Waals surface area contributed by atoms with Crippen LogP contribution in [0.15, 0.2) is 73.3 Å². The number of fused-ring (bicyclic) bond motifs is 3. The van der Waals surface area contributed by atoms with Crippen molar-refractivity contribution >= 4 is 18.1 Å². The van der Waals surface area contributed by atoms with Crippen LogP contribution in [0, 0.1) is 0 Å². The second-order valence-corrected chi connectivity index (χ2v) is 14.7. The first-order chi connectivity index (χ1) is 27.3. The smallest absolute Gasteiger partial charge is 0.464 e. The molecule has 11 atom stereocenters. The van der Waals surface area contributed by atoms with E-state index < -0.39 is 97.2 Å². The highest BCUT2D eigenvalue weighted by Crippen LogP contribution is 2.44. The van der Waals surface area contributed by atoms with E-state index in [0.717, 1.165) is 5.56 Å². The maximum Gasteiger partial charge on any atom is 0.509 e. The third kappa shape index (κ3) is 10.8. The van der Waals surface area contributed by atoms with E-state index in [1.165, 1.54) is 13.0 Å². The van der Waals surface area contributed by atoms with E-state index in [2.05, 4.69) is 6.58 Å². The van der Waals surface area contributed by atoms with Crippen molar-refractivity contribution in [2.75, 3.05) is 26.4 Å². The summed E-state index contributed by atoms with van der Waals surface area (Å²) >= 11 is 0. The molecule has 16 nitrogen and oxygen atoms in total. The summed E-state index contributed by atoms with van der Waals surface area (Å²) in [5.41, 5.74) is 1.22.